The molecule has 0 radical (unpaired) electrons. The molecule has 3 aliphatic rings. The molecule has 3 fully saturated rings. The van der Waals surface area contributed by atoms with Crippen LogP contribution >= 0.6 is 0 Å². The van der Waals surface area contributed by atoms with E-state index in [1.165, 1.54) is 0 Å². The minimum absolute atomic E-state index is 0.0741. The van der Waals surface area contributed by atoms with Gasteiger partial charge in [-0.2, -0.15) is 0 Å². The highest BCUT2D eigenvalue weighted by atomic mass is 28.4. The minimum atomic E-state index is -2.93. The molecular weight excluding hydrogens is 420 g/mol. The smallest absolute Gasteiger partial charge is 0.312 e. The highest BCUT2D eigenvalue weighted by Gasteiger charge is 2.80. The zero-order valence-electron chi connectivity index (χ0n) is 19.4. The van der Waals surface area contributed by atoms with Crippen LogP contribution in [0.1, 0.15) is 41.0 Å². The zero-order chi connectivity index (χ0) is 22.9. The Kier molecular flexibility index (Phi) is 4.78. The third-order valence-corrected chi connectivity index (χ3v) is 12.6. The molecule has 0 aromatic heterocycles. The predicted molar refractivity (Wildman–Crippen MR) is 124 cm³/mol. The molecule has 170 valence electrons. The van der Waals surface area contributed by atoms with Crippen molar-refractivity contribution < 1.29 is 23.8 Å². The van der Waals surface area contributed by atoms with E-state index in [2.05, 4.69) is 45.0 Å². The molecule has 1 saturated heterocycles. The Morgan fingerprint density at radius 3 is 1.94 bits per heavy atom. The third-order valence-electron chi connectivity index (χ3n) is 7.54. The summed E-state index contributed by atoms with van der Waals surface area (Å²) in [7, 11) is -2.93. The Hall–Kier alpha value is -1.99. The molecule has 1 heterocycles. The van der Waals surface area contributed by atoms with E-state index in [4.69, 9.17) is 13.9 Å². The fourth-order valence-corrected chi connectivity index (χ4v) is 10.9. The van der Waals surface area contributed by atoms with E-state index in [0.29, 0.717) is 6.42 Å². The molecule has 5 rings (SSSR count). The van der Waals surface area contributed by atoms with Crippen molar-refractivity contribution in [1.29, 1.82) is 0 Å². The SMILES string of the molecule is CC1(C)O[C@@H]2[C@H](O1)C1C[C@]1(C(=O)O)[C@@H]2O[Si](c1ccccc1)(c1ccccc1)C(C)(C)C. The first-order valence-electron chi connectivity index (χ1n) is 11.4. The molecule has 2 saturated carbocycles. The number of hydrogen-bond acceptors (Lipinski definition) is 4. The number of carboxylic acid groups (broad SMARTS) is 1. The lowest BCUT2D eigenvalue weighted by Gasteiger charge is -2.46. The van der Waals surface area contributed by atoms with Gasteiger partial charge in [-0.3, -0.25) is 4.79 Å². The maximum absolute atomic E-state index is 12.6. The minimum Gasteiger partial charge on any atom is -0.481 e. The topological polar surface area (TPSA) is 65.0 Å². The van der Waals surface area contributed by atoms with Crippen LogP contribution in [0.15, 0.2) is 60.7 Å². The van der Waals surface area contributed by atoms with E-state index < -0.39 is 31.6 Å². The van der Waals surface area contributed by atoms with Crippen molar-refractivity contribution in [3.05, 3.63) is 60.7 Å². The summed E-state index contributed by atoms with van der Waals surface area (Å²) < 4.78 is 19.8. The van der Waals surface area contributed by atoms with Gasteiger partial charge in [0.15, 0.2) is 5.79 Å². The standard InChI is InChI=1S/C26H32O5Si/c1-24(2,3)32(17-12-8-6-9-13-17,18-14-10-7-11-15-18)31-22-21-20(29-25(4,5)30-21)19-16-26(19,22)23(27)28/h6-15,19-22H,16H2,1-5H3,(H,27,28)/t19?,20-,21-,22-,26-/m1/s1. The summed E-state index contributed by atoms with van der Waals surface area (Å²) in [5.74, 6) is -1.62. The van der Waals surface area contributed by atoms with Gasteiger partial charge in [0.05, 0.1) is 12.2 Å². The second-order valence-electron chi connectivity index (χ2n) is 10.9. The van der Waals surface area contributed by atoms with Crippen molar-refractivity contribution in [3.63, 3.8) is 0 Å². The number of hydrogen-bond donors (Lipinski definition) is 1. The second-order valence-corrected chi connectivity index (χ2v) is 15.2. The molecule has 1 N–H and O–H groups in total. The first-order chi connectivity index (χ1) is 15.0. The van der Waals surface area contributed by atoms with Crippen LogP contribution in [0.3, 0.4) is 0 Å². The molecule has 32 heavy (non-hydrogen) atoms. The lowest BCUT2D eigenvalue weighted by molar-refractivity contribution is -0.174. The summed E-state index contributed by atoms with van der Waals surface area (Å²) in [6.45, 7) is 10.4. The molecule has 6 heteroatoms. The monoisotopic (exact) mass is 452 g/mol. The zero-order valence-corrected chi connectivity index (χ0v) is 20.4. The molecule has 2 aromatic rings. The molecule has 0 amide bonds. The molecule has 1 aliphatic heterocycles. The number of fused-ring (bicyclic) bond motifs is 3. The average molecular weight is 453 g/mol. The van der Waals surface area contributed by atoms with Gasteiger partial charge in [-0.25, -0.2) is 0 Å². The van der Waals surface area contributed by atoms with Gasteiger partial charge in [0.2, 0.25) is 0 Å². The number of benzene rings is 2. The number of carbonyl (C=O) groups is 1. The maximum atomic E-state index is 12.6. The quantitative estimate of drug-likeness (QED) is 0.703. The Morgan fingerprint density at radius 1 is 0.969 bits per heavy atom. The summed E-state index contributed by atoms with van der Waals surface area (Å²) in [6.07, 6.45) is -0.625. The van der Waals surface area contributed by atoms with Crippen molar-refractivity contribution in [2.45, 2.75) is 70.2 Å². The van der Waals surface area contributed by atoms with Gasteiger partial charge in [0.1, 0.15) is 11.5 Å². The van der Waals surface area contributed by atoms with Crippen molar-refractivity contribution in [3.8, 4) is 0 Å². The van der Waals surface area contributed by atoms with E-state index in [-0.39, 0.29) is 23.2 Å². The van der Waals surface area contributed by atoms with Gasteiger partial charge in [0.25, 0.3) is 8.32 Å². The van der Waals surface area contributed by atoms with Crippen molar-refractivity contribution >= 4 is 24.7 Å². The molecular formula is C26H32O5Si. The van der Waals surface area contributed by atoms with Crippen LogP contribution in [0.5, 0.6) is 0 Å². The Balaban J connectivity index is 1.69. The lowest BCUT2D eigenvalue weighted by atomic mass is 10.00. The van der Waals surface area contributed by atoms with Crippen LogP contribution in [-0.2, 0) is 18.7 Å². The van der Waals surface area contributed by atoms with Gasteiger partial charge in [-0.1, -0.05) is 81.4 Å². The van der Waals surface area contributed by atoms with Crippen LogP contribution < -0.4 is 10.4 Å². The molecule has 1 unspecified atom stereocenters. The van der Waals surface area contributed by atoms with E-state index in [0.717, 1.165) is 10.4 Å². The number of aliphatic carboxylic acids is 1. The molecule has 2 aromatic carbocycles. The summed E-state index contributed by atoms with van der Waals surface area (Å²) in [6, 6.07) is 20.7. The Labute approximate surface area is 190 Å². The Bertz CT molecular complexity index is 976. The highest BCUT2D eigenvalue weighted by Crippen LogP contribution is 2.69. The van der Waals surface area contributed by atoms with Crippen LogP contribution in [0.4, 0.5) is 0 Å². The number of ether oxygens (including phenoxy) is 2. The summed E-state index contributed by atoms with van der Waals surface area (Å²) in [5.41, 5.74) is -0.946. The van der Waals surface area contributed by atoms with Gasteiger partial charge in [-0.05, 0) is 35.7 Å². The third kappa shape index (κ3) is 2.96. The highest BCUT2D eigenvalue weighted by molar-refractivity contribution is 6.99. The van der Waals surface area contributed by atoms with Crippen LogP contribution in [0, 0.1) is 11.3 Å². The van der Waals surface area contributed by atoms with Crippen molar-refractivity contribution in [2.75, 3.05) is 0 Å². The molecule has 5 nitrogen and oxygen atoms in total. The predicted octanol–water partition coefficient (Wildman–Crippen LogP) is 3.56. The first-order valence-corrected chi connectivity index (χ1v) is 13.3. The Morgan fingerprint density at radius 2 is 1.47 bits per heavy atom. The molecule has 2 aliphatic carbocycles. The van der Waals surface area contributed by atoms with Crippen LogP contribution in [0.2, 0.25) is 5.04 Å². The fourth-order valence-electron chi connectivity index (χ4n) is 6.12. The number of rotatable bonds is 5. The van der Waals surface area contributed by atoms with E-state index in [1.54, 1.807) is 0 Å². The first kappa shape index (κ1) is 21.8. The van der Waals surface area contributed by atoms with Gasteiger partial charge >= 0.3 is 5.97 Å². The normalized spacial score (nSPS) is 32.9. The van der Waals surface area contributed by atoms with Crippen LogP contribution in [-0.4, -0.2) is 43.5 Å². The molecule has 0 spiro atoms. The largest absolute Gasteiger partial charge is 0.481 e. The number of carboxylic acids is 1. The second kappa shape index (κ2) is 7.00. The van der Waals surface area contributed by atoms with E-state index >= 15 is 0 Å². The van der Waals surface area contributed by atoms with E-state index in [9.17, 15) is 9.90 Å². The van der Waals surface area contributed by atoms with Crippen molar-refractivity contribution in [1.82, 2.24) is 0 Å². The molecule has 0 bridgehead atoms. The fraction of sp³-hybridized carbons (Fsp3) is 0.500. The van der Waals surface area contributed by atoms with Crippen LogP contribution in [0.25, 0.3) is 0 Å². The van der Waals surface area contributed by atoms with Gasteiger partial charge in [0, 0.05) is 5.92 Å². The van der Waals surface area contributed by atoms with Crippen molar-refractivity contribution in [2.24, 2.45) is 11.3 Å². The summed E-state index contributed by atoms with van der Waals surface area (Å²) >= 11 is 0. The van der Waals surface area contributed by atoms with E-state index in [1.807, 2.05) is 50.2 Å². The average Bonchev–Trinajstić information content (AvgIpc) is 3.34. The van der Waals surface area contributed by atoms with Gasteiger partial charge in [-0.15, -0.1) is 0 Å². The van der Waals surface area contributed by atoms with Gasteiger partial charge < -0.3 is 19.0 Å². The molecule has 5 atom stereocenters. The maximum Gasteiger partial charge on any atom is 0.312 e. The summed E-state index contributed by atoms with van der Waals surface area (Å²) in [4.78, 5) is 12.6. The lowest BCUT2D eigenvalue weighted by Crippen LogP contribution is -2.69. The summed E-state index contributed by atoms with van der Waals surface area (Å²) in [5, 5.41) is 12.4.